The molecule has 1 heterocycles. The van der Waals surface area contributed by atoms with Crippen molar-refractivity contribution in [1.82, 2.24) is 10.6 Å². The lowest BCUT2D eigenvalue weighted by molar-refractivity contribution is -0.126. The van der Waals surface area contributed by atoms with Crippen LogP contribution in [-0.4, -0.2) is 18.4 Å². The zero-order valence-electron chi connectivity index (χ0n) is 13.3. The summed E-state index contributed by atoms with van der Waals surface area (Å²) in [7, 11) is 0. The van der Waals surface area contributed by atoms with E-state index in [1.165, 1.54) is 12.3 Å². The van der Waals surface area contributed by atoms with Gasteiger partial charge in [-0.05, 0) is 43.0 Å². The number of rotatable bonds is 6. The van der Waals surface area contributed by atoms with E-state index in [4.69, 9.17) is 4.42 Å². The molecule has 2 amide bonds. The molecule has 0 atom stereocenters. The standard InChI is InChI=1S/C19H20N2O3/c22-17(10-9-16-8-4-13-24-16)20-14-18(23)21-19(11-5-12-19)15-6-2-1-3-7-15/h1-4,6-10,13H,5,11-12,14H2,(H,20,22)(H,21,23)/b10-9+. The average molecular weight is 324 g/mol. The van der Waals surface area contributed by atoms with E-state index in [1.807, 2.05) is 30.3 Å². The van der Waals surface area contributed by atoms with Crippen molar-refractivity contribution in [2.24, 2.45) is 0 Å². The van der Waals surface area contributed by atoms with Crippen molar-refractivity contribution < 1.29 is 14.0 Å². The lowest BCUT2D eigenvalue weighted by Gasteiger charge is -2.43. The molecule has 0 bridgehead atoms. The smallest absolute Gasteiger partial charge is 0.244 e. The average Bonchev–Trinajstić information content (AvgIpc) is 3.08. The first-order valence-electron chi connectivity index (χ1n) is 8.04. The minimum Gasteiger partial charge on any atom is -0.465 e. The Morgan fingerprint density at radius 3 is 2.54 bits per heavy atom. The zero-order valence-corrected chi connectivity index (χ0v) is 13.3. The minimum absolute atomic E-state index is 0.0457. The van der Waals surface area contributed by atoms with Crippen molar-refractivity contribution >= 4 is 17.9 Å². The molecule has 24 heavy (non-hydrogen) atoms. The van der Waals surface area contributed by atoms with Crippen LogP contribution in [0.15, 0.2) is 59.2 Å². The maximum absolute atomic E-state index is 12.2. The minimum atomic E-state index is -0.330. The molecule has 5 nitrogen and oxygen atoms in total. The van der Waals surface area contributed by atoms with Crippen molar-refractivity contribution in [3.8, 4) is 0 Å². The number of hydrogen-bond acceptors (Lipinski definition) is 3. The number of nitrogens with one attached hydrogen (secondary N) is 2. The molecular formula is C19H20N2O3. The second kappa shape index (κ2) is 7.17. The van der Waals surface area contributed by atoms with Crippen LogP contribution in [0.3, 0.4) is 0 Å². The lowest BCUT2D eigenvalue weighted by atomic mass is 9.72. The Labute approximate surface area is 140 Å². The Hall–Kier alpha value is -2.82. The summed E-state index contributed by atoms with van der Waals surface area (Å²) in [6.45, 7) is -0.0457. The molecular weight excluding hydrogens is 304 g/mol. The first kappa shape index (κ1) is 16.1. The van der Waals surface area contributed by atoms with Gasteiger partial charge in [-0.3, -0.25) is 9.59 Å². The number of carbonyl (C=O) groups excluding carboxylic acids is 2. The molecule has 0 unspecified atom stereocenters. The second-order valence-electron chi connectivity index (χ2n) is 5.92. The van der Waals surface area contributed by atoms with Crippen LogP contribution in [-0.2, 0) is 15.1 Å². The van der Waals surface area contributed by atoms with Gasteiger partial charge in [0.05, 0.1) is 18.3 Å². The molecule has 0 aliphatic heterocycles. The predicted octanol–water partition coefficient (Wildman–Crippen LogP) is 2.60. The second-order valence-corrected chi connectivity index (χ2v) is 5.92. The SMILES string of the molecule is O=C(/C=C/c1ccco1)NCC(=O)NC1(c2ccccc2)CCC1. The number of furan rings is 1. The van der Waals surface area contributed by atoms with Crippen LogP contribution in [0.25, 0.3) is 6.08 Å². The number of amides is 2. The quantitative estimate of drug-likeness (QED) is 0.802. The van der Waals surface area contributed by atoms with E-state index < -0.39 is 0 Å². The summed E-state index contributed by atoms with van der Waals surface area (Å²) in [5.41, 5.74) is 0.834. The van der Waals surface area contributed by atoms with Crippen LogP contribution in [0.2, 0.25) is 0 Å². The molecule has 1 aromatic carbocycles. The topological polar surface area (TPSA) is 71.3 Å². The van der Waals surface area contributed by atoms with Crippen molar-refractivity contribution in [1.29, 1.82) is 0 Å². The molecule has 1 aliphatic rings. The zero-order chi connectivity index (χ0) is 16.8. The summed E-state index contributed by atoms with van der Waals surface area (Å²) in [4.78, 5) is 23.9. The summed E-state index contributed by atoms with van der Waals surface area (Å²) in [5, 5.41) is 5.66. The van der Waals surface area contributed by atoms with Crippen molar-refractivity contribution in [3.63, 3.8) is 0 Å². The Balaban J connectivity index is 1.51. The fourth-order valence-electron chi connectivity index (χ4n) is 2.85. The number of hydrogen-bond donors (Lipinski definition) is 2. The van der Waals surface area contributed by atoms with Gasteiger partial charge in [0, 0.05) is 6.08 Å². The largest absolute Gasteiger partial charge is 0.465 e. The Morgan fingerprint density at radius 2 is 1.92 bits per heavy atom. The van der Waals surface area contributed by atoms with Crippen molar-refractivity contribution in [2.45, 2.75) is 24.8 Å². The molecule has 5 heteroatoms. The Kier molecular flexibility index (Phi) is 4.79. The predicted molar refractivity (Wildman–Crippen MR) is 90.9 cm³/mol. The highest BCUT2D eigenvalue weighted by molar-refractivity contribution is 5.94. The van der Waals surface area contributed by atoms with Crippen LogP contribution in [0.5, 0.6) is 0 Å². The van der Waals surface area contributed by atoms with Gasteiger partial charge in [0.15, 0.2) is 0 Å². The van der Waals surface area contributed by atoms with Gasteiger partial charge < -0.3 is 15.1 Å². The van der Waals surface area contributed by atoms with Crippen LogP contribution in [0.4, 0.5) is 0 Å². The molecule has 0 radical (unpaired) electrons. The maximum Gasteiger partial charge on any atom is 0.244 e. The van der Waals surface area contributed by atoms with Gasteiger partial charge in [0.25, 0.3) is 0 Å². The molecule has 0 spiro atoms. The first-order chi connectivity index (χ1) is 11.7. The molecule has 1 fully saturated rings. The highest BCUT2D eigenvalue weighted by Gasteiger charge is 2.39. The van der Waals surface area contributed by atoms with E-state index in [0.29, 0.717) is 5.76 Å². The van der Waals surface area contributed by atoms with E-state index in [-0.39, 0.29) is 23.9 Å². The molecule has 3 rings (SSSR count). The number of benzene rings is 1. The third-order valence-corrected chi connectivity index (χ3v) is 4.28. The van der Waals surface area contributed by atoms with Crippen LogP contribution < -0.4 is 10.6 Å². The van der Waals surface area contributed by atoms with Gasteiger partial charge in [-0.1, -0.05) is 30.3 Å². The van der Waals surface area contributed by atoms with Gasteiger partial charge in [-0.25, -0.2) is 0 Å². The van der Waals surface area contributed by atoms with E-state index in [0.717, 1.165) is 24.8 Å². The van der Waals surface area contributed by atoms with Gasteiger partial charge in [-0.2, -0.15) is 0 Å². The molecule has 1 aliphatic carbocycles. The van der Waals surface area contributed by atoms with E-state index >= 15 is 0 Å². The van der Waals surface area contributed by atoms with Crippen LogP contribution in [0, 0.1) is 0 Å². The molecule has 2 N–H and O–H groups in total. The molecule has 124 valence electrons. The first-order valence-corrected chi connectivity index (χ1v) is 8.04. The van der Waals surface area contributed by atoms with Crippen molar-refractivity contribution in [2.75, 3.05) is 6.54 Å². The molecule has 2 aromatic rings. The monoisotopic (exact) mass is 324 g/mol. The Bertz CT molecular complexity index is 716. The summed E-state index contributed by atoms with van der Waals surface area (Å²) in [6.07, 6.45) is 7.39. The molecule has 0 saturated heterocycles. The fourth-order valence-corrected chi connectivity index (χ4v) is 2.85. The molecule has 1 aromatic heterocycles. The van der Waals surface area contributed by atoms with Gasteiger partial charge in [0.2, 0.25) is 11.8 Å². The molecule has 1 saturated carbocycles. The Morgan fingerprint density at radius 1 is 1.12 bits per heavy atom. The normalized spacial score (nSPS) is 15.7. The van der Waals surface area contributed by atoms with Crippen LogP contribution in [0.1, 0.15) is 30.6 Å². The van der Waals surface area contributed by atoms with E-state index in [1.54, 1.807) is 18.2 Å². The lowest BCUT2D eigenvalue weighted by Crippen LogP contribution is -2.53. The summed E-state index contributed by atoms with van der Waals surface area (Å²) >= 11 is 0. The van der Waals surface area contributed by atoms with E-state index in [9.17, 15) is 9.59 Å². The summed E-state index contributed by atoms with van der Waals surface area (Å²) in [6, 6.07) is 13.5. The van der Waals surface area contributed by atoms with Gasteiger partial charge >= 0.3 is 0 Å². The third-order valence-electron chi connectivity index (χ3n) is 4.28. The van der Waals surface area contributed by atoms with E-state index in [2.05, 4.69) is 10.6 Å². The summed E-state index contributed by atoms with van der Waals surface area (Å²) in [5.74, 6) is 0.0781. The maximum atomic E-state index is 12.2. The highest BCUT2D eigenvalue weighted by Crippen LogP contribution is 2.40. The third kappa shape index (κ3) is 3.74. The number of carbonyl (C=O) groups is 2. The van der Waals surface area contributed by atoms with Crippen LogP contribution >= 0.6 is 0 Å². The highest BCUT2D eigenvalue weighted by atomic mass is 16.3. The van der Waals surface area contributed by atoms with Gasteiger partial charge in [0.1, 0.15) is 5.76 Å². The fraction of sp³-hybridized carbons (Fsp3) is 0.263. The van der Waals surface area contributed by atoms with Crippen molar-refractivity contribution in [3.05, 3.63) is 66.1 Å². The summed E-state index contributed by atoms with van der Waals surface area (Å²) < 4.78 is 5.10. The van der Waals surface area contributed by atoms with Gasteiger partial charge in [-0.15, -0.1) is 0 Å².